The number of fused-ring (bicyclic) bond motifs is 6. The van der Waals surface area contributed by atoms with Crippen LogP contribution in [0.4, 0.5) is 17.1 Å². The smallest absolute Gasteiger partial charge is 0.0640 e. The molecule has 0 N–H and O–H groups in total. The van der Waals surface area contributed by atoms with Crippen molar-refractivity contribution in [2.24, 2.45) is 0 Å². The molecule has 0 amide bonds. The lowest BCUT2D eigenvalue weighted by atomic mass is 9.81. The summed E-state index contributed by atoms with van der Waals surface area (Å²) in [5, 5.41) is 2.57. The van der Waals surface area contributed by atoms with Crippen molar-refractivity contribution in [3.63, 3.8) is 0 Å². The zero-order chi connectivity index (χ0) is 39.5. The quantitative estimate of drug-likeness (QED) is 0.156. The zero-order valence-electron chi connectivity index (χ0n) is 33.1. The number of anilines is 3. The Labute approximate surface area is 350 Å². The molecular formula is C57H41NS. The van der Waals surface area contributed by atoms with Gasteiger partial charge in [-0.3, -0.25) is 0 Å². The van der Waals surface area contributed by atoms with Crippen LogP contribution in [0.2, 0.25) is 0 Å². The van der Waals surface area contributed by atoms with Crippen molar-refractivity contribution in [1.29, 1.82) is 0 Å². The predicted molar refractivity (Wildman–Crippen MR) is 253 cm³/mol. The largest absolute Gasteiger partial charge is 0.308 e. The third-order valence-electron chi connectivity index (χ3n) is 12.3. The first-order valence-corrected chi connectivity index (χ1v) is 21.2. The average Bonchev–Trinajstić information content (AvgIpc) is 3.79. The molecule has 280 valence electrons. The van der Waals surface area contributed by atoms with Gasteiger partial charge >= 0.3 is 0 Å². The summed E-state index contributed by atoms with van der Waals surface area (Å²) in [5.41, 5.74) is 18.4. The molecule has 1 aliphatic rings. The molecule has 0 unspecified atom stereocenters. The highest BCUT2D eigenvalue weighted by atomic mass is 32.1. The van der Waals surface area contributed by atoms with Gasteiger partial charge in [0, 0.05) is 32.1 Å². The number of hydrogen-bond acceptors (Lipinski definition) is 2. The monoisotopic (exact) mass is 771 g/mol. The van der Waals surface area contributed by atoms with E-state index in [4.69, 9.17) is 0 Å². The summed E-state index contributed by atoms with van der Waals surface area (Å²) < 4.78 is 2.56. The van der Waals surface area contributed by atoms with Gasteiger partial charge in [0.2, 0.25) is 0 Å². The molecule has 10 aromatic rings. The summed E-state index contributed by atoms with van der Waals surface area (Å²) >= 11 is 1.87. The SMILES string of the molecule is CC1(C)c2ccccc2-c2ccc(-c3ccc(N(c4cccc(-c5ccccc5)c4-c4ccccc4-c4ccccc4)c4cccc5c4sc4ccccc45)cc3)cc21. The van der Waals surface area contributed by atoms with Gasteiger partial charge in [-0.05, 0) is 97.6 Å². The summed E-state index contributed by atoms with van der Waals surface area (Å²) in [6.45, 7) is 4.71. The fourth-order valence-corrected chi connectivity index (χ4v) is 10.6. The lowest BCUT2D eigenvalue weighted by Crippen LogP contribution is -2.14. The molecule has 0 atom stereocenters. The zero-order valence-corrected chi connectivity index (χ0v) is 33.9. The molecule has 1 aromatic heterocycles. The van der Waals surface area contributed by atoms with Gasteiger partial charge in [0.05, 0.1) is 16.1 Å². The number of hydrogen-bond donors (Lipinski definition) is 0. The molecule has 0 saturated heterocycles. The molecule has 0 aliphatic heterocycles. The van der Waals surface area contributed by atoms with Gasteiger partial charge in [-0.1, -0.05) is 190 Å². The Morgan fingerprint density at radius 1 is 0.373 bits per heavy atom. The van der Waals surface area contributed by atoms with Crippen molar-refractivity contribution >= 4 is 48.6 Å². The minimum Gasteiger partial charge on any atom is -0.308 e. The molecule has 59 heavy (non-hydrogen) atoms. The highest BCUT2D eigenvalue weighted by molar-refractivity contribution is 7.26. The van der Waals surface area contributed by atoms with E-state index >= 15 is 0 Å². The molecular weight excluding hydrogens is 731 g/mol. The first-order chi connectivity index (χ1) is 29.0. The van der Waals surface area contributed by atoms with Crippen LogP contribution in [-0.4, -0.2) is 0 Å². The van der Waals surface area contributed by atoms with Gasteiger partial charge in [0.15, 0.2) is 0 Å². The highest BCUT2D eigenvalue weighted by Crippen LogP contribution is 2.52. The van der Waals surface area contributed by atoms with Crippen LogP contribution in [-0.2, 0) is 5.41 Å². The van der Waals surface area contributed by atoms with Gasteiger partial charge in [-0.25, -0.2) is 0 Å². The third-order valence-corrected chi connectivity index (χ3v) is 13.5. The average molecular weight is 772 g/mol. The molecule has 1 aliphatic carbocycles. The summed E-state index contributed by atoms with van der Waals surface area (Å²) in [6, 6.07) is 78.1. The van der Waals surface area contributed by atoms with E-state index in [1.54, 1.807) is 0 Å². The summed E-state index contributed by atoms with van der Waals surface area (Å²) in [4.78, 5) is 2.51. The number of rotatable bonds is 7. The van der Waals surface area contributed by atoms with Crippen molar-refractivity contribution < 1.29 is 0 Å². The van der Waals surface area contributed by atoms with Gasteiger partial charge in [0.1, 0.15) is 0 Å². The van der Waals surface area contributed by atoms with Crippen molar-refractivity contribution in [2.75, 3.05) is 4.90 Å². The molecule has 0 spiro atoms. The van der Waals surface area contributed by atoms with Crippen LogP contribution in [0.15, 0.2) is 212 Å². The summed E-state index contributed by atoms with van der Waals surface area (Å²) in [6.07, 6.45) is 0. The van der Waals surface area contributed by atoms with E-state index in [0.717, 1.165) is 17.1 Å². The van der Waals surface area contributed by atoms with Crippen LogP contribution in [0.25, 0.3) is 75.8 Å². The minimum absolute atomic E-state index is 0.0577. The van der Waals surface area contributed by atoms with Crippen LogP contribution in [0.5, 0.6) is 0 Å². The van der Waals surface area contributed by atoms with E-state index < -0.39 is 0 Å². The first kappa shape index (κ1) is 35.2. The molecule has 11 rings (SSSR count). The maximum Gasteiger partial charge on any atom is 0.0640 e. The van der Waals surface area contributed by atoms with E-state index in [-0.39, 0.29) is 5.41 Å². The normalized spacial score (nSPS) is 12.7. The lowest BCUT2D eigenvalue weighted by molar-refractivity contribution is 0.660. The summed E-state index contributed by atoms with van der Waals surface area (Å²) in [7, 11) is 0. The topological polar surface area (TPSA) is 3.24 Å². The van der Waals surface area contributed by atoms with Crippen LogP contribution >= 0.6 is 11.3 Å². The van der Waals surface area contributed by atoms with E-state index in [2.05, 4.69) is 231 Å². The second-order valence-electron chi connectivity index (χ2n) is 16.0. The molecule has 1 nitrogen and oxygen atoms in total. The summed E-state index contributed by atoms with van der Waals surface area (Å²) in [5.74, 6) is 0. The fraction of sp³-hybridized carbons (Fsp3) is 0.0526. The Balaban J connectivity index is 1.14. The van der Waals surface area contributed by atoms with Gasteiger partial charge in [0.25, 0.3) is 0 Å². The van der Waals surface area contributed by atoms with Crippen LogP contribution in [0.1, 0.15) is 25.0 Å². The van der Waals surface area contributed by atoms with Crippen LogP contribution < -0.4 is 4.90 Å². The second-order valence-corrected chi connectivity index (χ2v) is 17.1. The molecule has 0 radical (unpaired) electrons. The molecule has 0 bridgehead atoms. The standard InChI is InChI=1S/C57H41NS/c1-57(2)50-27-13-11-22-45(50)46-36-33-41(37-51(46)57)38-31-34-42(35-32-38)58(53-29-16-26-49-47-23-12-14-30-54(47)59-56(49)53)52-28-15-25-44(40-19-7-4-8-20-40)55(52)48-24-10-9-21-43(48)39-17-5-3-6-18-39/h3-37H,1-2H3. The second kappa shape index (κ2) is 14.1. The number of thiophene rings is 1. The van der Waals surface area contributed by atoms with Crippen molar-refractivity contribution in [3.8, 4) is 55.6 Å². The predicted octanol–water partition coefficient (Wildman–Crippen LogP) is 16.5. The van der Waals surface area contributed by atoms with E-state index in [1.165, 1.54) is 86.9 Å². The van der Waals surface area contributed by atoms with Crippen LogP contribution in [0, 0.1) is 0 Å². The Morgan fingerprint density at radius 3 is 1.71 bits per heavy atom. The van der Waals surface area contributed by atoms with Crippen molar-refractivity contribution in [2.45, 2.75) is 19.3 Å². The maximum absolute atomic E-state index is 2.51. The van der Waals surface area contributed by atoms with Gasteiger partial charge in [-0.2, -0.15) is 0 Å². The third kappa shape index (κ3) is 5.82. The van der Waals surface area contributed by atoms with E-state index in [1.807, 2.05) is 11.3 Å². The van der Waals surface area contributed by atoms with Crippen molar-refractivity contribution in [1.82, 2.24) is 0 Å². The number of benzene rings is 9. The van der Waals surface area contributed by atoms with E-state index in [9.17, 15) is 0 Å². The highest BCUT2D eigenvalue weighted by Gasteiger charge is 2.35. The Hall–Kier alpha value is -7.00. The maximum atomic E-state index is 2.51. The van der Waals surface area contributed by atoms with Gasteiger partial charge < -0.3 is 4.90 Å². The fourth-order valence-electron chi connectivity index (χ4n) is 9.44. The Bertz CT molecular complexity index is 3170. The minimum atomic E-state index is -0.0577. The first-order valence-electron chi connectivity index (χ1n) is 20.4. The Morgan fingerprint density at radius 2 is 0.932 bits per heavy atom. The van der Waals surface area contributed by atoms with Crippen molar-refractivity contribution in [3.05, 3.63) is 223 Å². The molecule has 0 saturated carbocycles. The molecule has 9 aromatic carbocycles. The molecule has 1 heterocycles. The van der Waals surface area contributed by atoms with Gasteiger partial charge in [-0.15, -0.1) is 11.3 Å². The lowest BCUT2D eigenvalue weighted by Gasteiger charge is -2.30. The Kier molecular flexibility index (Phi) is 8.43. The molecule has 0 fully saturated rings. The van der Waals surface area contributed by atoms with Crippen LogP contribution in [0.3, 0.4) is 0 Å². The molecule has 2 heteroatoms. The number of nitrogens with zero attached hydrogens (tertiary/aromatic N) is 1. The van der Waals surface area contributed by atoms with E-state index in [0.29, 0.717) is 0 Å².